The van der Waals surface area contributed by atoms with E-state index >= 15 is 0 Å². The number of phenols is 2. The number of nitrogens with one attached hydrogen (secondary N) is 2. The Hall–Kier alpha value is -4.80. The van der Waals surface area contributed by atoms with E-state index < -0.39 is 62.1 Å². The minimum Gasteiger partial charge on any atom is -0.534 e. The van der Waals surface area contributed by atoms with E-state index in [4.69, 9.17) is 16.3 Å². The number of benzene rings is 3. The molecule has 5 rings (SSSR count). The van der Waals surface area contributed by atoms with E-state index in [0.29, 0.717) is 11.1 Å². The molecule has 3 aromatic carbocycles. The van der Waals surface area contributed by atoms with Crippen molar-refractivity contribution in [3.8, 4) is 17.2 Å². The lowest BCUT2D eigenvalue weighted by molar-refractivity contribution is -0.123. The zero-order valence-corrected chi connectivity index (χ0v) is 25.8. The third kappa shape index (κ3) is 6.99. The van der Waals surface area contributed by atoms with Crippen molar-refractivity contribution < 1.29 is 58.5 Å². The molecule has 5 amide bonds. The smallest absolute Gasteiger partial charge is 0.534 e. The molecule has 1 fully saturated rings. The van der Waals surface area contributed by atoms with Crippen molar-refractivity contribution in [2.45, 2.75) is 24.9 Å². The van der Waals surface area contributed by atoms with Gasteiger partial charge in [-0.05, 0) is 47.4 Å². The van der Waals surface area contributed by atoms with Crippen molar-refractivity contribution in [1.29, 1.82) is 0 Å². The molecule has 16 nitrogen and oxygen atoms in total. The SMILES string of the molecule is O=C(O)c1cccc2c1OB(O)[C@@H](NC(=O)[C@H](NC(=O)N1CCN(Cc3ccc(O)c(O)c3Cl)C1=O)c1ccc(P(=O)(O)O)cc1)C2. The Morgan fingerprint density at radius 3 is 2.43 bits per heavy atom. The number of rotatable bonds is 8. The number of nitrogens with zero attached hydrogens (tertiary/aromatic N) is 2. The van der Waals surface area contributed by atoms with Crippen LogP contribution < -0.4 is 20.6 Å². The van der Waals surface area contributed by atoms with Gasteiger partial charge in [0, 0.05) is 19.6 Å². The van der Waals surface area contributed by atoms with Crippen LogP contribution in [0.4, 0.5) is 9.59 Å². The zero-order chi connectivity index (χ0) is 34.2. The molecule has 0 saturated carbocycles. The van der Waals surface area contributed by atoms with Crippen LogP contribution in [0.15, 0.2) is 54.6 Å². The number of hydrogen-bond acceptors (Lipinski definition) is 9. The van der Waals surface area contributed by atoms with Crippen molar-refractivity contribution in [3.63, 3.8) is 0 Å². The molecular formula is C28H27BClN4O12P. The number of aromatic carboxylic acids is 1. The Labute approximate surface area is 271 Å². The van der Waals surface area contributed by atoms with Crippen LogP contribution in [0, 0.1) is 0 Å². The Kier molecular flexibility index (Phi) is 9.38. The maximum Gasteiger partial charge on any atom is 0.547 e. The molecule has 246 valence electrons. The molecule has 0 bridgehead atoms. The second kappa shape index (κ2) is 13.1. The fraction of sp³-hybridized carbons (Fsp3) is 0.214. The monoisotopic (exact) mass is 688 g/mol. The number of fused-ring (bicyclic) bond motifs is 1. The van der Waals surface area contributed by atoms with Crippen LogP contribution in [0.5, 0.6) is 17.2 Å². The van der Waals surface area contributed by atoms with Crippen LogP contribution >= 0.6 is 19.2 Å². The minimum absolute atomic E-state index is 0.0455. The average molecular weight is 689 g/mol. The molecule has 0 unspecified atom stereocenters. The molecule has 2 heterocycles. The number of hydrogen-bond donors (Lipinski definition) is 8. The maximum atomic E-state index is 13.6. The van der Waals surface area contributed by atoms with Gasteiger partial charge in [-0.1, -0.05) is 41.9 Å². The number of carbonyl (C=O) groups is 4. The number of carbonyl (C=O) groups excluding carboxylic acids is 3. The average Bonchev–Trinajstić information content (AvgIpc) is 3.39. The van der Waals surface area contributed by atoms with Crippen LogP contribution in [0.25, 0.3) is 0 Å². The molecule has 47 heavy (non-hydrogen) atoms. The van der Waals surface area contributed by atoms with Crippen molar-refractivity contribution >= 4 is 55.6 Å². The van der Waals surface area contributed by atoms with Gasteiger partial charge in [0.25, 0.3) is 0 Å². The summed E-state index contributed by atoms with van der Waals surface area (Å²) in [6.45, 7) is -0.162. The summed E-state index contributed by atoms with van der Waals surface area (Å²) in [4.78, 5) is 72.9. The topological polar surface area (TPSA) is 246 Å². The van der Waals surface area contributed by atoms with E-state index in [2.05, 4.69) is 10.6 Å². The summed E-state index contributed by atoms with van der Waals surface area (Å²) in [6, 6.07) is 8.19. The van der Waals surface area contributed by atoms with E-state index in [-0.39, 0.29) is 53.3 Å². The summed E-state index contributed by atoms with van der Waals surface area (Å²) >= 11 is 6.09. The lowest BCUT2D eigenvalue weighted by Gasteiger charge is -2.30. The van der Waals surface area contributed by atoms with Crippen LogP contribution in [-0.4, -0.2) is 90.0 Å². The molecule has 2 aliphatic heterocycles. The molecule has 3 aromatic rings. The first-order valence-electron chi connectivity index (χ1n) is 13.9. The van der Waals surface area contributed by atoms with Crippen LogP contribution in [-0.2, 0) is 22.3 Å². The number of para-hydroxylation sites is 1. The molecule has 0 radical (unpaired) electrons. The first kappa shape index (κ1) is 33.6. The standard InChI is InChI=1S/C28H27BClN4O12P/c30-21-16(6-9-19(35)23(21)36)13-33-10-11-34(28(33)41)27(40)32-22(14-4-7-17(8-5-14)47(43,44)45)25(37)31-20-12-15-2-1-3-18(26(38)39)24(15)46-29(20)42/h1-9,20,22,35-36,42H,10-13H2,(H,31,37)(H,32,40)(H,38,39)(H2,43,44,45)/t20-,22+/m0/s1. The third-order valence-electron chi connectivity index (χ3n) is 7.65. The molecule has 0 aliphatic carbocycles. The molecule has 2 atom stereocenters. The van der Waals surface area contributed by atoms with Gasteiger partial charge >= 0.3 is 32.7 Å². The largest absolute Gasteiger partial charge is 0.547 e. The lowest BCUT2D eigenvalue weighted by atomic mass is 9.72. The molecule has 0 spiro atoms. The Balaban J connectivity index is 1.35. The van der Waals surface area contributed by atoms with Gasteiger partial charge in [0.2, 0.25) is 5.91 Å². The van der Waals surface area contributed by atoms with Gasteiger partial charge in [-0.15, -0.1) is 0 Å². The summed E-state index contributed by atoms with van der Waals surface area (Å²) < 4.78 is 17.1. The number of phenolic OH excluding ortho intramolecular Hbond substituents is 2. The first-order chi connectivity index (χ1) is 22.1. The highest BCUT2D eigenvalue weighted by molar-refractivity contribution is 7.60. The van der Waals surface area contributed by atoms with Crippen molar-refractivity contribution in [2.24, 2.45) is 0 Å². The van der Waals surface area contributed by atoms with Crippen LogP contribution in [0.2, 0.25) is 5.02 Å². The van der Waals surface area contributed by atoms with Crippen LogP contribution in [0.3, 0.4) is 0 Å². The zero-order valence-electron chi connectivity index (χ0n) is 24.1. The summed E-state index contributed by atoms with van der Waals surface area (Å²) in [5.41, 5.74) is 0.570. The fourth-order valence-corrected chi connectivity index (χ4v) is 5.94. The Bertz CT molecular complexity index is 1810. The van der Waals surface area contributed by atoms with Gasteiger partial charge in [-0.3, -0.25) is 9.36 Å². The molecule has 2 aliphatic rings. The molecule has 19 heteroatoms. The Morgan fingerprint density at radius 1 is 1.06 bits per heavy atom. The molecule has 0 aromatic heterocycles. The summed E-state index contributed by atoms with van der Waals surface area (Å²) in [6.07, 6.45) is -0.0455. The first-order valence-corrected chi connectivity index (χ1v) is 15.9. The number of halogens is 1. The van der Waals surface area contributed by atoms with E-state index in [1.807, 2.05) is 0 Å². The van der Waals surface area contributed by atoms with Gasteiger partial charge in [-0.2, -0.15) is 0 Å². The number of aromatic hydroxyl groups is 2. The van der Waals surface area contributed by atoms with Crippen molar-refractivity contribution in [3.05, 3.63) is 81.9 Å². The van der Waals surface area contributed by atoms with Crippen molar-refractivity contribution in [2.75, 3.05) is 13.1 Å². The maximum absolute atomic E-state index is 13.6. The highest BCUT2D eigenvalue weighted by Gasteiger charge is 2.40. The van der Waals surface area contributed by atoms with E-state index in [1.165, 1.54) is 41.3 Å². The predicted molar refractivity (Wildman–Crippen MR) is 164 cm³/mol. The number of amides is 5. The highest BCUT2D eigenvalue weighted by Crippen LogP contribution is 2.37. The van der Waals surface area contributed by atoms with Gasteiger partial charge in [0.1, 0.15) is 11.8 Å². The van der Waals surface area contributed by atoms with Crippen LogP contribution in [0.1, 0.15) is 33.1 Å². The molecular weight excluding hydrogens is 662 g/mol. The van der Waals surface area contributed by atoms with Crippen molar-refractivity contribution in [1.82, 2.24) is 20.4 Å². The van der Waals surface area contributed by atoms with Gasteiger partial charge in [0.05, 0.1) is 21.8 Å². The molecule has 8 N–H and O–H groups in total. The van der Waals surface area contributed by atoms with Gasteiger partial charge in [-0.25, -0.2) is 19.3 Å². The van der Waals surface area contributed by atoms with E-state index in [9.17, 15) is 53.9 Å². The lowest BCUT2D eigenvalue weighted by Crippen LogP contribution is -2.56. The number of urea groups is 2. The van der Waals surface area contributed by atoms with Gasteiger partial charge in [0.15, 0.2) is 11.5 Å². The minimum atomic E-state index is -4.65. The number of carboxylic acid groups (broad SMARTS) is 1. The number of imide groups is 1. The van der Waals surface area contributed by atoms with E-state index in [1.54, 1.807) is 6.07 Å². The second-order valence-electron chi connectivity index (χ2n) is 10.7. The summed E-state index contributed by atoms with van der Waals surface area (Å²) in [7, 11) is -6.33. The second-order valence-corrected chi connectivity index (χ2v) is 12.7. The summed E-state index contributed by atoms with van der Waals surface area (Å²) in [5, 5.41) is 44.1. The third-order valence-corrected chi connectivity index (χ3v) is 9.04. The quantitative estimate of drug-likeness (QED) is 0.0941. The highest BCUT2D eigenvalue weighted by atomic mass is 35.5. The number of carboxylic acids is 1. The normalized spacial score (nSPS) is 16.7. The summed E-state index contributed by atoms with van der Waals surface area (Å²) in [5.74, 6) is -4.35. The molecule has 1 saturated heterocycles. The Morgan fingerprint density at radius 2 is 1.77 bits per heavy atom. The predicted octanol–water partition coefficient (Wildman–Crippen LogP) is 1.08. The van der Waals surface area contributed by atoms with E-state index in [0.717, 1.165) is 17.0 Å². The van der Waals surface area contributed by atoms with Gasteiger partial charge < -0.3 is 50.3 Å². The fourth-order valence-electron chi connectivity index (χ4n) is 5.19.